The molecule has 0 unspecified atom stereocenters. The van der Waals surface area contributed by atoms with Crippen molar-refractivity contribution in [2.24, 2.45) is 5.92 Å². The molecule has 0 radical (unpaired) electrons. The first kappa shape index (κ1) is 23.2. The first-order valence-corrected chi connectivity index (χ1v) is 9.99. The molecule has 2 aromatic rings. The molecule has 0 amide bonds. The Hall–Kier alpha value is -3.05. The molecule has 0 aromatic heterocycles. The Kier molecular flexibility index (Phi) is 7.84. The zero-order valence-electron chi connectivity index (χ0n) is 17.9. The van der Waals surface area contributed by atoms with Crippen molar-refractivity contribution < 1.29 is 25.2 Å². The fourth-order valence-electron chi connectivity index (χ4n) is 2.94. The monoisotopic (exact) mass is 410 g/mol. The third-order valence-electron chi connectivity index (χ3n) is 4.93. The lowest BCUT2D eigenvalue weighted by molar-refractivity contribution is 0.104. The molecule has 0 saturated heterocycles. The Balaban J connectivity index is 2.32. The number of phenolic OH excluding ortho intramolecular Hbond substituents is 3. The molecule has 30 heavy (non-hydrogen) atoms. The summed E-state index contributed by atoms with van der Waals surface area (Å²) in [5.41, 5.74) is 3.26. The predicted octanol–water partition coefficient (Wildman–Crippen LogP) is 4.77. The standard InChI is InChI=1S/C25H30O5/c1-15(2)5-6-18-11-20(26)9-7-17(18)8-10-22(27)21-12-19(13-23(28)16(3)4)24(29)14-25(21)30/h5,7-12,14,16,23,26,28-30H,6,13H2,1-4H3/b10-8-/t23-/m1/s1. The van der Waals surface area contributed by atoms with E-state index in [2.05, 4.69) is 0 Å². The highest BCUT2D eigenvalue weighted by Gasteiger charge is 2.17. The summed E-state index contributed by atoms with van der Waals surface area (Å²) in [6, 6.07) is 7.50. The second kappa shape index (κ2) is 10.1. The maximum atomic E-state index is 12.7. The van der Waals surface area contributed by atoms with Crippen LogP contribution in [-0.4, -0.2) is 32.3 Å². The fourth-order valence-corrected chi connectivity index (χ4v) is 2.94. The van der Waals surface area contributed by atoms with Crippen LogP contribution >= 0.6 is 0 Å². The summed E-state index contributed by atoms with van der Waals surface area (Å²) in [6.45, 7) is 7.70. The van der Waals surface area contributed by atoms with E-state index in [1.54, 1.807) is 24.3 Å². The van der Waals surface area contributed by atoms with E-state index < -0.39 is 11.9 Å². The van der Waals surface area contributed by atoms with E-state index in [0.29, 0.717) is 12.0 Å². The van der Waals surface area contributed by atoms with Crippen LogP contribution in [0.5, 0.6) is 17.2 Å². The van der Waals surface area contributed by atoms with Gasteiger partial charge in [-0.2, -0.15) is 0 Å². The summed E-state index contributed by atoms with van der Waals surface area (Å²) in [6.07, 6.45) is 5.16. The van der Waals surface area contributed by atoms with E-state index in [0.717, 1.165) is 22.8 Å². The van der Waals surface area contributed by atoms with Crippen LogP contribution in [0.25, 0.3) is 6.08 Å². The fraction of sp³-hybridized carbons (Fsp3) is 0.320. The average Bonchev–Trinajstić information content (AvgIpc) is 2.67. The van der Waals surface area contributed by atoms with Crippen molar-refractivity contribution in [3.05, 3.63) is 70.3 Å². The van der Waals surface area contributed by atoms with Gasteiger partial charge in [-0.05, 0) is 67.2 Å². The molecule has 5 nitrogen and oxygen atoms in total. The molecule has 0 aliphatic carbocycles. The predicted molar refractivity (Wildman–Crippen MR) is 119 cm³/mol. The summed E-state index contributed by atoms with van der Waals surface area (Å²) >= 11 is 0. The summed E-state index contributed by atoms with van der Waals surface area (Å²) in [5, 5.41) is 40.1. The van der Waals surface area contributed by atoms with Gasteiger partial charge in [-0.15, -0.1) is 0 Å². The molecule has 0 aliphatic heterocycles. The molecule has 4 N–H and O–H groups in total. The molecule has 5 heteroatoms. The SMILES string of the molecule is CC(C)=CCc1cc(O)ccc1/C=C\C(=O)c1cc(C[C@@H](O)C(C)C)c(O)cc1O. The number of aliphatic hydroxyl groups is 1. The van der Waals surface area contributed by atoms with Crippen LogP contribution in [0.15, 0.2) is 48.1 Å². The minimum atomic E-state index is -0.673. The number of allylic oxidation sites excluding steroid dienone is 3. The van der Waals surface area contributed by atoms with Gasteiger partial charge in [0.15, 0.2) is 5.78 Å². The maximum Gasteiger partial charge on any atom is 0.189 e. The zero-order valence-corrected chi connectivity index (χ0v) is 17.9. The highest BCUT2D eigenvalue weighted by atomic mass is 16.3. The molecule has 0 heterocycles. The van der Waals surface area contributed by atoms with Crippen LogP contribution in [0, 0.1) is 5.92 Å². The van der Waals surface area contributed by atoms with Gasteiger partial charge in [0, 0.05) is 12.5 Å². The first-order valence-electron chi connectivity index (χ1n) is 9.99. The number of benzene rings is 2. The average molecular weight is 411 g/mol. The first-order chi connectivity index (χ1) is 14.1. The molecular formula is C25H30O5. The van der Waals surface area contributed by atoms with Crippen LogP contribution in [0.3, 0.4) is 0 Å². The largest absolute Gasteiger partial charge is 0.508 e. The van der Waals surface area contributed by atoms with Gasteiger partial charge in [0.25, 0.3) is 0 Å². The minimum Gasteiger partial charge on any atom is -0.508 e. The molecule has 160 valence electrons. The van der Waals surface area contributed by atoms with Crippen LogP contribution in [0.2, 0.25) is 0 Å². The van der Waals surface area contributed by atoms with Crippen LogP contribution in [-0.2, 0) is 12.8 Å². The molecule has 1 atom stereocenters. The number of carbonyl (C=O) groups is 1. The summed E-state index contributed by atoms with van der Waals surface area (Å²) in [4.78, 5) is 12.7. The molecule has 2 rings (SSSR count). The normalized spacial score (nSPS) is 12.3. The van der Waals surface area contributed by atoms with E-state index in [1.807, 2.05) is 33.8 Å². The van der Waals surface area contributed by atoms with Crippen molar-refractivity contribution in [1.29, 1.82) is 0 Å². The van der Waals surface area contributed by atoms with Crippen molar-refractivity contribution in [2.45, 2.75) is 46.6 Å². The summed E-state index contributed by atoms with van der Waals surface area (Å²) < 4.78 is 0. The number of aromatic hydroxyl groups is 3. The smallest absolute Gasteiger partial charge is 0.189 e. The van der Waals surface area contributed by atoms with Gasteiger partial charge in [0.1, 0.15) is 17.2 Å². The lowest BCUT2D eigenvalue weighted by atomic mass is 9.95. The van der Waals surface area contributed by atoms with Gasteiger partial charge in [0.05, 0.1) is 11.7 Å². The van der Waals surface area contributed by atoms with E-state index in [9.17, 15) is 25.2 Å². The topological polar surface area (TPSA) is 98.0 Å². The Labute approximate surface area is 177 Å². The third-order valence-corrected chi connectivity index (χ3v) is 4.93. The van der Waals surface area contributed by atoms with Gasteiger partial charge in [0.2, 0.25) is 0 Å². The van der Waals surface area contributed by atoms with Gasteiger partial charge in [-0.25, -0.2) is 0 Å². The number of hydrogen-bond acceptors (Lipinski definition) is 5. The van der Waals surface area contributed by atoms with E-state index in [4.69, 9.17) is 0 Å². The second-order valence-electron chi connectivity index (χ2n) is 8.08. The van der Waals surface area contributed by atoms with E-state index >= 15 is 0 Å². The highest BCUT2D eigenvalue weighted by molar-refractivity contribution is 6.08. The molecule has 0 bridgehead atoms. The number of carbonyl (C=O) groups excluding carboxylic acids is 1. The Morgan fingerprint density at radius 1 is 1.00 bits per heavy atom. The van der Waals surface area contributed by atoms with Crippen molar-refractivity contribution in [3.8, 4) is 17.2 Å². The molecular weight excluding hydrogens is 380 g/mol. The van der Waals surface area contributed by atoms with Gasteiger partial charge in [-0.1, -0.05) is 37.6 Å². The molecule has 0 spiro atoms. The van der Waals surface area contributed by atoms with Gasteiger partial charge in [-0.3, -0.25) is 4.79 Å². The number of aliphatic hydroxyl groups excluding tert-OH is 1. The second-order valence-corrected chi connectivity index (χ2v) is 8.08. The molecule has 2 aromatic carbocycles. The number of ketones is 1. The molecule has 0 aliphatic rings. The number of hydrogen-bond donors (Lipinski definition) is 4. The van der Waals surface area contributed by atoms with Gasteiger partial charge >= 0.3 is 0 Å². The van der Waals surface area contributed by atoms with Gasteiger partial charge < -0.3 is 20.4 Å². The highest BCUT2D eigenvalue weighted by Crippen LogP contribution is 2.30. The van der Waals surface area contributed by atoms with Crippen LogP contribution in [0.4, 0.5) is 0 Å². The molecule has 0 fully saturated rings. The van der Waals surface area contributed by atoms with Crippen LogP contribution < -0.4 is 0 Å². The van der Waals surface area contributed by atoms with Crippen LogP contribution in [0.1, 0.15) is 54.7 Å². The van der Waals surface area contributed by atoms with Crippen molar-refractivity contribution >= 4 is 11.9 Å². The summed E-state index contributed by atoms with van der Waals surface area (Å²) in [7, 11) is 0. The Bertz CT molecular complexity index is 966. The zero-order chi connectivity index (χ0) is 22.4. The Morgan fingerprint density at radius 3 is 2.33 bits per heavy atom. The van der Waals surface area contributed by atoms with Crippen molar-refractivity contribution in [3.63, 3.8) is 0 Å². The summed E-state index contributed by atoms with van der Waals surface area (Å²) in [5.74, 6) is -0.754. The lowest BCUT2D eigenvalue weighted by Crippen LogP contribution is -2.17. The van der Waals surface area contributed by atoms with Crippen molar-refractivity contribution in [2.75, 3.05) is 0 Å². The maximum absolute atomic E-state index is 12.7. The van der Waals surface area contributed by atoms with E-state index in [1.165, 1.54) is 12.1 Å². The number of rotatable bonds is 8. The minimum absolute atomic E-state index is 0.00836. The molecule has 0 saturated carbocycles. The van der Waals surface area contributed by atoms with Crippen molar-refractivity contribution in [1.82, 2.24) is 0 Å². The quantitative estimate of drug-likeness (QED) is 0.286. The Morgan fingerprint density at radius 2 is 1.70 bits per heavy atom. The lowest BCUT2D eigenvalue weighted by Gasteiger charge is -2.16. The number of phenols is 3. The van der Waals surface area contributed by atoms with E-state index in [-0.39, 0.29) is 35.2 Å². The third kappa shape index (κ3) is 6.22.